The van der Waals surface area contributed by atoms with Gasteiger partial charge in [0.1, 0.15) is 17.9 Å². The minimum Gasteiger partial charge on any atom is -0.384 e. The molecule has 0 fully saturated rings. The lowest BCUT2D eigenvalue weighted by Crippen LogP contribution is -2.86. The third-order valence-corrected chi connectivity index (χ3v) is 3.90. The topological polar surface area (TPSA) is 113 Å². The van der Waals surface area contributed by atoms with E-state index in [1.807, 2.05) is 30.3 Å². The Morgan fingerprint density at radius 2 is 1.92 bits per heavy atom. The second-order valence-electron chi connectivity index (χ2n) is 5.68. The van der Waals surface area contributed by atoms with E-state index in [0.29, 0.717) is 13.2 Å². The molecule has 0 saturated carbocycles. The summed E-state index contributed by atoms with van der Waals surface area (Å²) < 4.78 is 7.09. The fourth-order valence-electron chi connectivity index (χ4n) is 2.50. The Bertz CT molecular complexity index is 855. The Morgan fingerprint density at radius 1 is 1.24 bits per heavy atom. The van der Waals surface area contributed by atoms with Crippen LogP contribution in [0.2, 0.25) is 0 Å². The van der Waals surface area contributed by atoms with E-state index in [0.717, 1.165) is 10.1 Å². The fraction of sp³-hybridized carbons (Fsp3) is 0.353. The number of methoxy groups -OCH3 is 1. The number of nitrogens with zero attached hydrogens (tertiary/aromatic N) is 2. The molecule has 0 radical (unpaired) electrons. The van der Waals surface area contributed by atoms with Gasteiger partial charge >= 0.3 is 5.69 Å². The van der Waals surface area contributed by atoms with Gasteiger partial charge in [-0.05, 0) is 5.56 Å². The standard InChI is InChI=1S/C17H22N4O4/c1-20-16(23)14(13(22)10-19-8-9-25-2)15(18)21(17(20)24)11-12-6-4-3-5-7-12/h3-7,19H,8-11,18H2,1-2H3/p+1. The van der Waals surface area contributed by atoms with Gasteiger partial charge in [0.05, 0.1) is 19.7 Å². The molecule has 0 saturated heterocycles. The lowest BCUT2D eigenvalue weighted by atomic mass is 10.1. The smallest absolute Gasteiger partial charge is 0.332 e. The van der Waals surface area contributed by atoms with Gasteiger partial charge in [0.2, 0.25) is 5.78 Å². The van der Waals surface area contributed by atoms with Crippen LogP contribution in [0.5, 0.6) is 0 Å². The van der Waals surface area contributed by atoms with E-state index in [1.54, 1.807) is 12.4 Å². The number of carbonyl (C=O) groups excluding carboxylic acids is 1. The first kappa shape index (κ1) is 18.6. The zero-order valence-corrected chi connectivity index (χ0v) is 14.4. The average molecular weight is 347 g/mol. The van der Waals surface area contributed by atoms with Crippen molar-refractivity contribution in [1.29, 1.82) is 0 Å². The van der Waals surface area contributed by atoms with Crippen molar-refractivity contribution in [1.82, 2.24) is 9.13 Å². The number of ketones is 1. The number of Topliss-reactive ketones (excluding diaryl/α,β-unsaturated/α-hetero) is 1. The number of anilines is 1. The Balaban J connectivity index is 2.39. The molecule has 2 aromatic rings. The highest BCUT2D eigenvalue weighted by Gasteiger charge is 2.22. The van der Waals surface area contributed by atoms with Crippen molar-refractivity contribution in [2.45, 2.75) is 6.54 Å². The highest BCUT2D eigenvalue weighted by Crippen LogP contribution is 2.08. The molecule has 0 spiro atoms. The number of carbonyl (C=O) groups is 1. The molecule has 134 valence electrons. The molecule has 0 atom stereocenters. The lowest BCUT2D eigenvalue weighted by molar-refractivity contribution is -0.644. The van der Waals surface area contributed by atoms with Crippen LogP contribution in [0.15, 0.2) is 39.9 Å². The van der Waals surface area contributed by atoms with Crippen molar-refractivity contribution in [2.24, 2.45) is 7.05 Å². The summed E-state index contributed by atoms with van der Waals surface area (Å²) in [7, 11) is 2.92. The number of benzene rings is 1. The number of hydrogen-bond acceptors (Lipinski definition) is 5. The molecule has 0 aliphatic heterocycles. The molecular formula is C17H23N4O4+. The maximum absolute atomic E-state index is 12.4. The van der Waals surface area contributed by atoms with Crippen LogP contribution in [0, 0.1) is 0 Å². The van der Waals surface area contributed by atoms with E-state index in [4.69, 9.17) is 10.5 Å². The summed E-state index contributed by atoms with van der Waals surface area (Å²) in [5.41, 5.74) is 5.50. The zero-order chi connectivity index (χ0) is 18.4. The Morgan fingerprint density at radius 3 is 2.56 bits per heavy atom. The molecule has 1 aromatic carbocycles. The summed E-state index contributed by atoms with van der Waals surface area (Å²) in [6.45, 7) is 1.33. The van der Waals surface area contributed by atoms with Gasteiger partial charge in [-0.15, -0.1) is 0 Å². The third-order valence-electron chi connectivity index (χ3n) is 3.90. The predicted octanol–water partition coefficient (Wildman–Crippen LogP) is -1.43. The molecule has 1 aromatic heterocycles. The molecular weight excluding hydrogens is 324 g/mol. The van der Waals surface area contributed by atoms with E-state index in [9.17, 15) is 14.4 Å². The number of nitrogen functional groups attached to an aromatic ring is 1. The molecule has 8 nitrogen and oxygen atoms in total. The Kier molecular flexibility index (Phi) is 6.26. The molecule has 4 N–H and O–H groups in total. The highest BCUT2D eigenvalue weighted by molar-refractivity contribution is 6.00. The van der Waals surface area contributed by atoms with Gasteiger partial charge in [0.25, 0.3) is 5.56 Å². The van der Waals surface area contributed by atoms with Crippen LogP contribution in [-0.4, -0.2) is 41.7 Å². The number of hydrogen-bond donors (Lipinski definition) is 2. The summed E-state index contributed by atoms with van der Waals surface area (Å²) >= 11 is 0. The Hall–Kier alpha value is -2.71. The van der Waals surface area contributed by atoms with E-state index in [2.05, 4.69) is 0 Å². The minimum absolute atomic E-state index is 0.0618. The number of ether oxygens (including phenoxy) is 1. The van der Waals surface area contributed by atoms with Gasteiger partial charge in [0, 0.05) is 14.2 Å². The van der Waals surface area contributed by atoms with Crippen LogP contribution in [0.4, 0.5) is 5.82 Å². The predicted molar refractivity (Wildman–Crippen MR) is 93.8 cm³/mol. The molecule has 2 rings (SSSR count). The zero-order valence-electron chi connectivity index (χ0n) is 14.4. The van der Waals surface area contributed by atoms with Crippen LogP contribution < -0.4 is 22.3 Å². The van der Waals surface area contributed by atoms with Gasteiger partial charge < -0.3 is 15.8 Å². The summed E-state index contributed by atoms with van der Waals surface area (Å²) in [5.74, 6) is -0.502. The molecule has 0 aliphatic carbocycles. The van der Waals surface area contributed by atoms with Crippen molar-refractivity contribution in [3.63, 3.8) is 0 Å². The second kappa shape index (κ2) is 8.41. The van der Waals surface area contributed by atoms with Crippen molar-refractivity contribution in [3.8, 4) is 0 Å². The number of aromatic nitrogens is 2. The van der Waals surface area contributed by atoms with Crippen LogP contribution in [0.3, 0.4) is 0 Å². The van der Waals surface area contributed by atoms with E-state index in [1.165, 1.54) is 11.6 Å². The van der Waals surface area contributed by atoms with Gasteiger partial charge in [-0.2, -0.15) is 0 Å². The van der Waals surface area contributed by atoms with Gasteiger partial charge in [-0.3, -0.25) is 18.7 Å². The highest BCUT2D eigenvalue weighted by atomic mass is 16.5. The molecule has 0 unspecified atom stereocenters. The summed E-state index contributed by atoms with van der Waals surface area (Å²) in [5, 5.41) is 1.73. The summed E-state index contributed by atoms with van der Waals surface area (Å²) in [6.07, 6.45) is 0. The first-order valence-corrected chi connectivity index (χ1v) is 7.94. The molecule has 8 heteroatoms. The van der Waals surface area contributed by atoms with Crippen molar-refractivity contribution >= 4 is 11.6 Å². The summed E-state index contributed by atoms with van der Waals surface area (Å²) in [4.78, 5) is 37.2. The van der Waals surface area contributed by atoms with Crippen molar-refractivity contribution in [2.75, 3.05) is 32.5 Å². The number of quaternary nitrogens is 1. The van der Waals surface area contributed by atoms with Crippen LogP contribution in [0.1, 0.15) is 15.9 Å². The van der Waals surface area contributed by atoms with E-state index < -0.39 is 17.0 Å². The molecule has 0 aliphatic rings. The first-order chi connectivity index (χ1) is 12.0. The van der Waals surface area contributed by atoms with Crippen LogP contribution in [0.25, 0.3) is 0 Å². The molecule has 1 heterocycles. The molecule has 25 heavy (non-hydrogen) atoms. The van der Waals surface area contributed by atoms with Crippen molar-refractivity contribution in [3.05, 3.63) is 62.3 Å². The number of nitrogens with two attached hydrogens (primary N) is 2. The quantitative estimate of drug-likeness (QED) is 0.449. The lowest BCUT2D eigenvalue weighted by Gasteiger charge is -2.14. The fourth-order valence-corrected chi connectivity index (χ4v) is 2.50. The van der Waals surface area contributed by atoms with Crippen LogP contribution in [-0.2, 0) is 18.3 Å². The average Bonchev–Trinajstić information content (AvgIpc) is 2.62. The summed E-state index contributed by atoms with van der Waals surface area (Å²) in [6, 6.07) is 9.24. The molecule has 0 bridgehead atoms. The number of rotatable bonds is 8. The Labute approximate surface area is 144 Å². The monoisotopic (exact) mass is 347 g/mol. The second-order valence-corrected chi connectivity index (χ2v) is 5.68. The van der Waals surface area contributed by atoms with Gasteiger partial charge in [0.15, 0.2) is 0 Å². The molecule has 0 amide bonds. The first-order valence-electron chi connectivity index (χ1n) is 7.94. The maximum Gasteiger partial charge on any atom is 0.332 e. The largest absolute Gasteiger partial charge is 0.384 e. The van der Waals surface area contributed by atoms with Gasteiger partial charge in [-0.25, -0.2) is 4.79 Å². The maximum atomic E-state index is 12.4. The van der Waals surface area contributed by atoms with E-state index in [-0.39, 0.29) is 24.5 Å². The van der Waals surface area contributed by atoms with E-state index >= 15 is 0 Å². The van der Waals surface area contributed by atoms with Crippen LogP contribution >= 0.6 is 0 Å². The third kappa shape index (κ3) is 4.23. The SMILES string of the molecule is COCC[NH2+]CC(=O)c1c(N)n(Cc2ccccc2)c(=O)n(C)c1=O. The normalized spacial score (nSPS) is 10.8. The van der Waals surface area contributed by atoms with Crippen molar-refractivity contribution < 1.29 is 14.8 Å². The minimum atomic E-state index is -0.669. The van der Waals surface area contributed by atoms with Gasteiger partial charge in [-0.1, -0.05) is 30.3 Å².